The number of carbonyl (C=O) groups is 1. The molecule has 4 nitrogen and oxygen atoms in total. The van der Waals surface area contributed by atoms with Crippen molar-refractivity contribution in [3.05, 3.63) is 59.7 Å². The summed E-state index contributed by atoms with van der Waals surface area (Å²) in [5, 5.41) is 13.7. The average molecular weight is 372 g/mol. The quantitative estimate of drug-likeness (QED) is 0.691. The zero-order chi connectivity index (χ0) is 18.4. The third-order valence-corrected chi connectivity index (χ3v) is 5.62. The molecule has 0 spiro atoms. The van der Waals surface area contributed by atoms with Crippen LogP contribution in [0.4, 0.5) is 0 Å². The molecule has 0 aliphatic carbocycles. The van der Waals surface area contributed by atoms with Crippen LogP contribution in [0.5, 0.6) is 5.75 Å². The Balaban J connectivity index is 1.46. The lowest BCUT2D eigenvalue weighted by Gasteiger charge is -2.27. The van der Waals surface area contributed by atoms with Gasteiger partial charge >= 0.3 is 0 Å². The summed E-state index contributed by atoms with van der Waals surface area (Å²) in [7, 11) is 0. The number of rotatable bonds is 8. The van der Waals surface area contributed by atoms with E-state index < -0.39 is 6.10 Å². The lowest BCUT2D eigenvalue weighted by Crippen LogP contribution is -2.35. The van der Waals surface area contributed by atoms with Crippen molar-refractivity contribution in [2.45, 2.75) is 36.8 Å². The Kier molecular flexibility index (Phi) is 6.72. The van der Waals surface area contributed by atoms with Crippen LogP contribution in [0, 0.1) is 0 Å². The first kappa shape index (κ1) is 19.0. The van der Waals surface area contributed by atoms with Gasteiger partial charge in [0.1, 0.15) is 18.5 Å². The molecule has 3 rings (SSSR count). The Morgan fingerprint density at radius 2 is 2.04 bits per heavy atom. The smallest absolute Gasteiger partial charge is 0.162 e. The molecule has 0 radical (unpaired) electrons. The van der Waals surface area contributed by atoms with Crippen molar-refractivity contribution in [1.82, 2.24) is 5.32 Å². The minimum Gasteiger partial charge on any atom is -0.491 e. The number of hydrogen-bond donors (Lipinski definition) is 2. The zero-order valence-corrected chi connectivity index (χ0v) is 15.8. The predicted molar refractivity (Wildman–Crippen MR) is 105 cm³/mol. The van der Waals surface area contributed by atoms with Gasteiger partial charge < -0.3 is 15.2 Å². The number of aliphatic hydroxyl groups is 1. The van der Waals surface area contributed by atoms with E-state index in [9.17, 15) is 9.90 Å². The van der Waals surface area contributed by atoms with Gasteiger partial charge in [-0.1, -0.05) is 25.1 Å². The maximum atomic E-state index is 11.6. The van der Waals surface area contributed by atoms with E-state index in [4.69, 9.17) is 4.74 Å². The van der Waals surface area contributed by atoms with Crippen molar-refractivity contribution in [3.63, 3.8) is 0 Å². The Labute approximate surface area is 159 Å². The Bertz CT molecular complexity index is 732. The molecule has 26 heavy (non-hydrogen) atoms. The van der Waals surface area contributed by atoms with Crippen LogP contribution in [0.25, 0.3) is 0 Å². The number of thioether (sulfide) groups is 1. The molecule has 0 saturated carbocycles. The predicted octanol–water partition coefficient (Wildman–Crippen LogP) is 3.85. The molecule has 0 saturated heterocycles. The topological polar surface area (TPSA) is 58.6 Å². The number of aliphatic hydroxyl groups excluding tert-OH is 1. The molecular formula is C21H25NO3S. The number of hydrogen-bond acceptors (Lipinski definition) is 5. The molecular weight excluding hydrogens is 346 g/mol. The standard InChI is InChI=1S/C21H25NO3S/c1-2-20(24)15-7-9-17(10-8-15)25-14-16(23)13-22-19-11-12-26-21-6-4-3-5-18(19)21/h3-10,16,19,22-23H,2,11-14H2,1H3/t16-,19-/m1/s1. The van der Waals surface area contributed by atoms with Gasteiger partial charge in [-0.05, 0) is 48.1 Å². The van der Waals surface area contributed by atoms with E-state index in [-0.39, 0.29) is 18.4 Å². The first-order valence-electron chi connectivity index (χ1n) is 9.06. The highest BCUT2D eigenvalue weighted by atomic mass is 32.2. The normalized spacial score (nSPS) is 17.4. The fourth-order valence-electron chi connectivity index (χ4n) is 3.02. The summed E-state index contributed by atoms with van der Waals surface area (Å²) in [5.74, 6) is 1.87. The van der Waals surface area contributed by atoms with Crippen molar-refractivity contribution < 1.29 is 14.6 Å². The summed E-state index contributed by atoms with van der Waals surface area (Å²) in [5.41, 5.74) is 2.00. The van der Waals surface area contributed by atoms with Gasteiger partial charge in [0.15, 0.2) is 5.78 Å². The lowest BCUT2D eigenvalue weighted by atomic mass is 10.0. The van der Waals surface area contributed by atoms with Crippen LogP contribution >= 0.6 is 11.8 Å². The minimum atomic E-state index is -0.589. The van der Waals surface area contributed by atoms with Gasteiger partial charge in [-0.15, -0.1) is 11.8 Å². The molecule has 0 bridgehead atoms. The molecule has 2 N–H and O–H groups in total. The third-order valence-electron chi connectivity index (χ3n) is 4.50. The summed E-state index contributed by atoms with van der Waals surface area (Å²) in [4.78, 5) is 12.9. The summed E-state index contributed by atoms with van der Waals surface area (Å²) in [6.07, 6.45) is 0.962. The highest BCUT2D eigenvalue weighted by Gasteiger charge is 2.20. The van der Waals surface area contributed by atoms with E-state index in [2.05, 4.69) is 29.6 Å². The van der Waals surface area contributed by atoms with Gasteiger partial charge in [-0.3, -0.25) is 4.79 Å². The molecule has 5 heteroatoms. The molecule has 2 aromatic carbocycles. The van der Waals surface area contributed by atoms with Crippen molar-refractivity contribution in [2.75, 3.05) is 18.9 Å². The average Bonchev–Trinajstić information content (AvgIpc) is 2.70. The van der Waals surface area contributed by atoms with Gasteiger partial charge in [0.25, 0.3) is 0 Å². The van der Waals surface area contributed by atoms with Crippen molar-refractivity contribution >= 4 is 17.5 Å². The number of ether oxygens (including phenoxy) is 1. The summed E-state index contributed by atoms with van der Waals surface area (Å²) < 4.78 is 5.64. The first-order chi connectivity index (χ1) is 12.7. The first-order valence-corrected chi connectivity index (χ1v) is 10.0. The Morgan fingerprint density at radius 1 is 1.27 bits per heavy atom. The fraction of sp³-hybridized carbons (Fsp3) is 0.381. The number of ketones is 1. The van der Waals surface area contributed by atoms with E-state index in [1.807, 2.05) is 18.7 Å². The fourth-order valence-corrected chi connectivity index (χ4v) is 4.15. The number of Topliss-reactive ketones (excluding diaryl/α,β-unsaturated/α-hetero) is 1. The van der Waals surface area contributed by atoms with Crippen LogP contribution in [-0.4, -0.2) is 35.9 Å². The number of benzene rings is 2. The number of nitrogens with one attached hydrogen (secondary N) is 1. The molecule has 2 atom stereocenters. The zero-order valence-electron chi connectivity index (χ0n) is 15.0. The summed E-state index contributed by atoms with van der Waals surface area (Å²) in [6, 6.07) is 15.8. The maximum Gasteiger partial charge on any atom is 0.162 e. The van der Waals surface area contributed by atoms with Gasteiger partial charge in [0.2, 0.25) is 0 Å². The molecule has 1 aliphatic heterocycles. The van der Waals surface area contributed by atoms with Crippen molar-refractivity contribution in [1.29, 1.82) is 0 Å². The van der Waals surface area contributed by atoms with Gasteiger partial charge in [0.05, 0.1) is 0 Å². The van der Waals surface area contributed by atoms with Crippen LogP contribution in [0.3, 0.4) is 0 Å². The van der Waals surface area contributed by atoms with Crippen LogP contribution in [0.1, 0.15) is 41.7 Å². The van der Waals surface area contributed by atoms with E-state index in [0.29, 0.717) is 24.3 Å². The second-order valence-electron chi connectivity index (χ2n) is 6.40. The van der Waals surface area contributed by atoms with Crippen LogP contribution in [0.15, 0.2) is 53.4 Å². The van der Waals surface area contributed by atoms with Gasteiger partial charge in [-0.2, -0.15) is 0 Å². The van der Waals surface area contributed by atoms with E-state index in [1.54, 1.807) is 24.3 Å². The molecule has 1 heterocycles. The second kappa shape index (κ2) is 9.21. The van der Waals surface area contributed by atoms with E-state index >= 15 is 0 Å². The molecule has 0 unspecified atom stereocenters. The van der Waals surface area contributed by atoms with Gasteiger partial charge in [-0.25, -0.2) is 0 Å². The Morgan fingerprint density at radius 3 is 2.81 bits per heavy atom. The van der Waals surface area contributed by atoms with E-state index in [0.717, 1.165) is 12.2 Å². The van der Waals surface area contributed by atoms with Crippen LogP contribution in [-0.2, 0) is 0 Å². The van der Waals surface area contributed by atoms with Crippen LogP contribution in [0.2, 0.25) is 0 Å². The van der Waals surface area contributed by atoms with Crippen molar-refractivity contribution in [2.24, 2.45) is 0 Å². The molecule has 0 aromatic heterocycles. The van der Waals surface area contributed by atoms with Crippen molar-refractivity contribution in [3.8, 4) is 5.75 Å². The van der Waals surface area contributed by atoms with Crippen LogP contribution < -0.4 is 10.1 Å². The lowest BCUT2D eigenvalue weighted by molar-refractivity contribution is 0.0986. The summed E-state index contributed by atoms with van der Waals surface area (Å²) in [6.45, 7) is 2.55. The third kappa shape index (κ3) is 4.87. The Hall–Kier alpha value is -1.82. The highest BCUT2D eigenvalue weighted by molar-refractivity contribution is 7.99. The minimum absolute atomic E-state index is 0.117. The molecule has 0 amide bonds. The molecule has 0 fully saturated rings. The number of fused-ring (bicyclic) bond motifs is 1. The number of carbonyl (C=O) groups excluding carboxylic acids is 1. The molecule has 138 valence electrons. The van der Waals surface area contributed by atoms with Gasteiger partial charge in [0, 0.05) is 29.5 Å². The largest absolute Gasteiger partial charge is 0.491 e. The highest BCUT2D eigenvalue weighted by Crippen LogP contribution is 2.35. The summed E-state index contributed by atoms with van der Waals surface area (Å²) >= 11 is 1.89. The monoisotopic (exact) mass is 371 g/mol. The van der Waals surface area contributed by atoms with E-state index in [1.165, 1.54) is 10.5 Å². The second-order valence-corrected chi connectivity index (χ2v) is 7.54. The SMILES string of the molecule is CCC(=O)c1ccc(OC[C@H](O)CN[C@@H]2CCSc3ccccc32)cc1. The molecule has 1 aliphatic rings. The maximum absolute atomic E-state index is 11.6. The molecule has 2 aromatic rings.